The molecule has 0 fully saturated rings. The van der Waals surface area contributed by atoms with Gasteiger partial charge in [-0.05, 0) is 73.9 Å². The third-order valence-corrected chi connectivity index (χ3v) is 8.11. The van der Waals surface area contributed by atoms with E-state index in [0.717, 1.165) is 21.0 Å². The number of methoxy groups -OCH3 is 3. The maximum absolute atomic E-state index is 13.9. The first-order valence-electron chi connectivity index (χ1n) is 11.5. The third kappa shape index (κ3) is 6.29. The van der Waals surface area contributed by atoms with E-state index in [1.54, 1.807) is 56.3 Å². The molecular weight excluding hydrogens is 516 g/mol. The zero-order valence-electron chi connectivity index (χ0n) is 21.7. The molecular formula is C27H31ClN2O6S. The average molecular weight is 547 g/mol. The van der Waals surface area contributed by atoms with Crippen molar-refractivity contribution in [2.75, 3.05) is 32.2 Å². The summed E-state index contributed by atoms with van der Waals surface area (Å²) in [7, 11) is 0.253. The van der Waals surface area contributed by atoms with Gasteiger partial charge in [-0.25, -0.2) is 8.42 Å². The van der Waals surface area contributed by atoms with E-state index in [9.17, 15) is 13.2 Å². The lowest BCUT2D eigenvalue weighted by molar-refractivity contribution is -0.120. The van der Waals surface area contributed by atoms with Gasteiger partial charge >= 0.3 is 0 Å². The zero-order chi connectivity index (χ0) is 27.3. The number of sulfonamides is 1. The van der Waals surface area contributed by atoms with Crippen molar-refractivity contribution in [1.29, 1.82) is 0 Å². The number of carbonyl (C=O) groups excluding carboxylic acids is 1. The van der Waals surface area contributed by atoms with Gasteiger partial charge in [0.2, 0.25) is 5.91 Å². The number of ether oxygens (including phenoxy) is 3. The average Bonchev–Trinajstić information content (AvgIpc) is 2.88. The molecule has 0 aliphatic heterocycles. The van der Waals surface area contributed by atoms with Crippen molar-refractivity contribution in [3.63, 3.8) is 0 Å². The number of hydrogen-bond acceptors (Lipinski definition) is 6. The Labute approximate surface area is 223 Å². The zero-order valence-corrected chi connectivity index (χ0v) is 23.2. The first-order valence-corrected chi connectivity index (χ1v) is 13.3. The molecule has 8 nitrogen and oxygen atoms in total. The molecule has 3 rings (SSSR count). The largest absolute Gasteiger partial charge is 0.495 e. The van der Waals surface area contributed by atoms with Crippen LogP contribution in [0.4, 0.5) is 5.69 Å². The van der Waals surface area contributed by atoms with E-state index in [1.807, 2.05) is 6.92 Å². The molecule has 0 aliphatic rings. The van der Waals surface area contributed by atoms with Crippen LogP contribution in [0.3, 0.4) is 0 Å². The summed E-state index contributed by atoms with van der Waals surface area (Å²) in [5, 5.41) is 3.25. The Balaban J connectivity index is 1.97. The Morgan fingerprint density at radius 1 is 0.919 bits per heavy atom. The monoisotopic (exact) mass is 546 g/mol. The van der Waals surface area contributed by atoms with Crippen LogP contribution in [0.5, 0.6) is 17.2 Å². The Morgan fingerprint density at radius 3 is 2.19 bits per heavy atom. The summed E-state index contributed by atoms with van der Waals surface area (Å²) >= 11 is 6.32. The predicted molar refractivity (Wildman–Crippen MR) is 145 cm³/mol. The minimum absolute atomic E-state index is 0.0487. The van der Waals surface area contributed by atoms with Gasteiger partial charge in [0.1, 0.15) is 17.2 Å². The molecule has 1 amide bonds. The third-order valence-electron chi connectivity index (χ3n) is 5.90. The summed E-state index contributed by atoms with van der Waals surface area (Å²) < 4.78 is 44.8. The van der Waals surface area contributed by atoms with E-state index in [-0.39, 0.29) is 16.3 Å². The van der Waals surface area contributed by atoms with Crippen LogP contribution in [-0.4, -0.2) is 42.2 Å². The number of carbonyl (C=O) groups is 1. The summed E-state index contributed by atoms with van der Waals surface area (Å²) in [5.41, 5.74) is 2.53. The van der Waals surface area contributed by atoms with Gasteiger partial charge in [0, 0.05) is 5.02 Å². The highest BCUT2D eigenvalue weighted by molar-refractivity contribution is 7.93. The molecule has 0 aromatic heterocycles. The molecule has 0 radical (unpaired) electrons. The molecule has 0 spiro atoms. The quantitative estimate of drug-likeness (QED) is 0.382. The Hall–Kier alpha value is -3.43. The van der Waals surface area contributed by atoms with Crippen molar-refractivity contribution in [2.24, 2.45) is 0 Å². The Morgan fingerprint density at radius 2 is 1.57 bits per heavy atom. The molecule has 198 valence electrons. The maximum Gasteiger partial charge on any atom is 0.268 e. The van der Waals surface area contributed by atoms with Gasteiger partial charge < -0.3 is 19.5 Å². The van der Waals surface area contributed by atoms with E-state index >= 15 is 0 Å². The lowest BCUT2D eigenvalue weighted by atomic mass is 10.1. The highest BCUT2D eigenvalue weighted by Crippen LogP contribution is 2.33. The smallest absolute Gasteiger partial charge is 0.268 e. The highest BCUT2D eigenvalue weighted by atomic mass is 35.5. The van der Waals surface area contributed by atoms with Crippen molar-refractivity contribution in [3.05, 3.63) is 76.3 Å². The number of rotatable bonds is 10. The molecule has 10 heteroatoms. The number of amides is 1. The summed E-state index contributed by atoms with van der Waals surface area (Å²) in [6, 6.07) is 14.6. The molecule has 3 aromatic carbocycles. The lowest BCUT2D eigenvalue weighted by Gasteiger charge is -2.26. The van der Waals surface area contributed by atoms with Gasteiger partial charge in [0.15, 0.2) is 11.5 Å². The fourth-order valence-electron chi connectivity index (χ4n) is 3.78. The van der Waals surface area contributed by atoms with Crippen LogP contribution in [0.1, 0.15) is 29.7 Å². The van der Waals surface area contributed by atoms with Crippen LogP contribution in [0.2, 0.25) is 5.02 Å². The minimum atomic E-state index is -4.21. The molecule has 0 bridgehead atoms. The van der Waals surface area contributed by atoms with Crippen LogP contribution in [0, 0.1) is 13.8 Å². The van der Waals surface area contributed by atoms with E-state index < -0.39 is 28.5 Å². The predicted octanol–water partition coefficient (Wildman–Crippen LogP) is 5.06. The molecule has 1 atom stereocenters. The summed E-state index contributed by atoms with van der Waals surface area (Å²) in [4.78, 5) is 13.2. The van der Waals surface area contributed by atoms with Crippen LogP contribution < -0.4 is 23.8 Å². The topological polar surface area (TPSA) is 94.2 Å². The SMILES string of the molecule is COc1ccc([C@H](C)NC(=O)CN(c2ccc(C)c(Cl)c2)S(=O)(=O)c2cc(C)ccc2OC)cc1OC. The standard InChI is InChI=1S/C27H31ClN2O6S/c1-17-7-11-24(35-5)26(13-17)37(32,33)30(21-10-8-18(2)22(28)15-21)16-27(31)29-19(3)20-9-12-23(34-4)25(14-20)36-6/h7-15,19H,16H2,1-6H3,(H,29,31)/t19-/m0/s1. The maximum atomic E-state index is 13.9. The lowest BCUT2D eigenvalue weighted by Crippen LogP contribution is -2.41. The number of nitrogens with one attached hydrogen (secondary N) is 1. The molecule has 0 saturated carbocycles. The summed E-state index contributed by atoms with van der Waals surface area (Å²) in [5.74, 6) is 0.749. The summed E-state index contributed by atoms with van der Waals surface area (Å²) in [6.45, 7) is 4.91. The van der Waals surface area contributed by atoms with Gasteiger partial charge in [-0.3, -0.25) is 9.10 Å². The first-order chi connectivity index (χ1) is 17.5. The number of hydrogen-bond donors (Lipinski definition) is 1. The van der Waals surface area contributed by atoms with Gasteiger partial charge in [-0.2, -0.15) is 0 Å². The van der Waals surface area contributed by atoms with E-state index in [2.05, 4.69) is 5.32 Å². The van der Waals surface area contributed by atoms with Crippen LogP contribution >= 0.6 is 11.6 Å². The number of halogens is 1. The van der Waals surface area contributed by atoms with Crippen LogP contribution in [-0.2, 0) is 14.8 Å². The van der Waals surface area contributed by atoms with Crippen molar-refractivity contribution < 1.29 is 27.4 Å². The van der Waals surface area contributed by atoms with Crippen molar-refractivity contribution in [3.8, 4) is 17.2 Å². The molecule has 0 aliphatic carbocycles. The second-order valence-corrected chi connectivity index (χ2v) is 10.7. The molecule has 37 heavy (non-hydrogen) atoms. The van der Waals surface area contributed by atoms with E-state index in [4.69, 9.17) is 25.8 Å². The fraction of sp³-hybridized carbons (Fsp3) is 0.296. The molecule has 3 aromatic rings. The molecule has 0 unspecified atom stereocenters. The summed E-state index contributed by atoms with van der Waals surface area (Å²) in [6.07, 6.45) is 0. The Kier molecular flexibility index (Phi) is 8.94. The van der Waals surface area contributed by atoms with Crippen molar-refractivity contribution in [1.82, 2.24) is 5.32 Å². The fourth-order valence-corrected chi connectivity index (χ4v) is 5.61. The second-order valence-electron chi connectivity index (χ2n) is 8.50. The first kappa shape index (κ1) is 28.1. The number of benzene rings is 3. The van der Waals surface area contributed by atoms with E-state index in [0.29, 0.717) is 16.5 Å². The van der Waals surface area contributed by atoms with E-state index in [1.165, 1.54) is 33.5 Å². The van der Waals surface area contributed by atoms with Gasteiger partial charge in [0.05, 0.1) is 33.1 Å². The molecule has 0 heterocycles. The van der Waals surface area contributed by atoms with Crippen LogP contribution in [0.25, 0.3) is 0 Å². The highest BCUT2D eigenvalue weighted by Gasteiger charge is 2.31. The number of nitrogens with zero attached hydrogens (tertiary/aromatic N) is 1. The molecule has 1 N–H and O–H groups in total. The number of aryl methyl sites for hydroxylation is 2. The van der Waals surface area contributed by atoms with Gasteiger partial charge in [-0.15, -0.1) is 0 Å². The minimum Gasteiger partial charge on any atom is -0.495 e. The Bertz CT molecular complexity index is 1390. The van der Waals surface area contributed by atoms with Crippen molar-refractivity contribution in [2.45, 2.75) is 31.7 Å². The van der Waals surface area contributed by atoms with Crippen molar-refractivity contribution >= 4 is 33.2 Å². The molecule has 0 saturated heterocycles. The second kappa shape index (κ2) is 11.7. The van der Waals surface area contributed by atoms with Gasteiger partial charge in [0.25, 0.3) is 10.0 Å². The van der Waals surface area contributed by atoms with Crippen LogP contribution in [0.15, 0.2) is 59.5 Å². The van der Waals surface area contributed by atoms with Gasteiger partial charge in [-0.1, -0.05) is 29.8 Å². The number of anilines is 1. The normalized spacial score (nSPS) is 12.0.